The van der Waals surface area contributed by atoms with E-state index in [1.165, 1.54) is 9.21 Å². The molecule has 0 aromatic heterocycles. The first-order valence-electron chi connectivity index (χ1n) is 15.1. The number of likely N-dealkylation sites (tertiary alicyclic amines) is 2. The Morgan fingerprint density at radius 1 is 1.09 bits per heavy atom. The van der Waals surface area contributed by atoms with Crippen molar-refractivity contribution >= 4 is 39.8 Å². The minimum absolute atomic E-state index is 0.0881. The molecule has 2 aliphatic heterocycles. The quantitative estimate of drug-likeness (QED) is 0.306. The van der Waals surface area contributed by atoms with Gasteiger partial charge in [0.25, 0.3) is 0 Å². The number of carbonyl (C=O) groups is 4. The Morgan fingerprint density at radius 2 is 1.73 bits per heavy atom. The summed E-state index contributed by atoms with van der Waals surface area (Å²) >= 11 is 0. The number of benzene rings is 1. The molecule has 14 heteroatoms. The van der Waals surface area contributed by atoms with E-state index in [9.17, 15) is 27.6 Å². The molecule has 44 heavy (non-hydrogen) atoms. The van der Waals surface area contributed by atoms with Crippen LogP contribution in [0.2, 0.25) is 0 Å². The minimum atomic E-state index is -3.86. The van der Waals surface area contributed by atoms with Gasteiger partial charge in [0.15, 0.2) is 0 Å². The van der Waals surface area contributed by atoms with Gasteiger partial charge < -0.3 is 20.3 Å². The molecule has 2 fully saturated rings. The third-order valence-corrected chi connectivity index (χ3v) is 8.97. The van der Waals surface area contributed by atoms with Crippen LogP contribution in [0.15, 0.2) is 35.3 Å². The van der Waals surface area contributed by atoms with E-state index < -0.39 is 45.6 Å². The molecule has 0 saturated carbocycles. The molecule has 3 rings (SSSR count). The Bertz CT molecular complexity index is 1320. The van der Waals surface area contributed by atoms with E-state index in [4.69, 9.17) is 10.5 Å². The smallest absolute Gasteiger partial charge is 0.437 e. The summed E-state index contributed by atoms with van der Waals surface area (Å²) in [4.78, 5) is 57.9. The molecule has 13 nitrogen and oxygen atoms in total. The fourth-order valence-electron chi connectivity index (χ4n) is 5.50. The number of ether oxygens (including phenoxy) is 1. The van der Waals surface area contributed by atoms with Crippen LogP contribution in [0.1, 0.15) is 65.4 Å². The first kappa shape index (κ1) is 35.0. The molecule has 2 saturated heterocycles. The topological polar surface area (TPSA) is 172 Å². The molecular weight excluding hydrogens is 588 g/mol. The number of hydrogen-bond donors (Lipinski definition) is 2. The number of primary amides is 1. The molecule has 3 N–H and O–H groups in total. The van der Waals surface area contributed by atoms with E-state index in [2.05, 4.69) is 10.3 Å². The average molecular weight is 635 g/mol. The highest BCUT2D eigenvalue weighted by molar-refractivity contribution is 7.88. The van der Waals surface area contributed by atoms with Gasteiger partial charge >= 0.3 is 6.09 Å². The molecule has 0 bridgehead atoms. The van der Waals surface area contributed by atoms with Crippen molar-refractivity contribution in [2.45, 2.75) is 83.9 Å². The molecule has 0 spiro atoms. The number of aliphatic imine (C=N–C) groups is 1. The fraction of sp³-hybridized carbons (Fsp3) is 0.633. The second-order valence-corrected chi connectivity index (χ2v) is 14.3. The van der Waals surface area contributed by atoms with Crippen molar-refractivity contribution in [3.05, 3.63) is 35.9 Å². The number of nitrogens with one attached hydrogen (secondary N) is 1. The van der Waals surface area contributed by atoms with Crippen LogP contribution in [0.5, 0.6) is 0 Å². The Balaban J connectivity index is 1.83. The highest BCUT2D eigenvalue weighted by Gasteiger charge is 2.42. The highest BCUT2D eigenvalue weighted by atomic mass is 32.2. The number of guanidine groups is 1. The van der Waals surface area contributed by atoms with E-state index >= 15 is 0 Å². The largest absolute Gasteiger partial charge is 0.442 e. The van der Waals surface area contributed by atoms with Crippen molar-refractivity contribution in [3.8, 4) is 0 Å². The lowest BCUT2D eigenvalue weighted by Crippen LogP contribution is -2.56. The number of carbonyl (C=O) groups excluding carboxylic acids is 4. The molecular formula is C30H46N6O7S. The van der Waals surface area contributed by atoms with Crippen LogP contribution in [0.3, 0.4) is 0 Å². The first-order valence-corrected chi connectivity index (χ1v) is 16.9. The van der Waals surface area contributed by atoms with Gasteiger partial charge in [-0.15, -0.1) is 4.99 Å². The van der Waals surface area contributed by atoms with Gasteiger partial charge in [0.1, 0.15) is 17.7 Å². The molecule has 0 radical (unpaired) electrons. The zero-order valence-electron chi connectivity index (χ0n) is 26.3. The second-order valence-electron chi connectivity index (χ2n) is 12.4. The second kappa shape index (κ2) is 15.0. The molecule has 1 aromatic carbocycles. The van der Waals surface area contributed by atoms with Gasteiger partial charge in [-0.3, -0.25) is 19.7 Å². The summed E-state index contributed by atoms with van der Waals surface area (Å²) in [5.74, 6) is -1.38. The maximum absolute atomic E-state index is 14.0. The van der Waals surface area contributed by atoms with Crippen molar-refractivity contribution in [2.24, 2.45) is 16.6 Å². The molecule has 0 unspecified atom stereocenters. The summed E-state index contributed by atoms with van der Waals surface area (Å²) in [7, 11) is -3.86. The molecule has 0 aliphatic carbocycles. The minimum Gasteiger partial charge on any atom is -0.442 e. The van der Waals surface area contributed by atoms with Gasteiger partial charge in [0, 0.05) is 32.6 Å². The van der Waals surface area contributed by atoms with E-state index in [0.717, 1.165) is 11.8 Å². The summed E-state index contributed by atoms with van der Waals surface area (Å²) in [6, 6.07) is 7.34. The first-order chi connectivity index (χ1) is 20.6. The van der Waals surface area contributed by atoms with E-state index in [1.54, 1.807) is 32.6 Å². The third kappa shape index (κ3) is 10.0. The Labute approximate surface area is 260 Å². The lowest BCUT2D eigenvalue weighted by molar-refractivity contribution is -0.140. The van der Waals surface area contributed by atoms with Crippen molar-refractivity contribution < 1.29 is 32.3 Å². The molecule has 2 heterocycles. The van der Waals surface area contributed by atoms with Crippen LogP contribution in [-0.2, 0) is 35.6 Å². The highest BCUT2D eigenvalue weighted by Crippen LogP contribution is 2.26. The van der Waals surface area contributed by atoms with Gasteiger partial charge in [-0.2, -0.15) is 4.31 Å². The van der Waals surface area contributed by atoms with Crippen molar-refractivity contribution in [1.82, 2.24) is 19.4 Å². The molecule has 4 amide bonds. The van der Waals surface area contributed by atoms with E-state index in [0.29, 0.717) is 45.3 Å². The normalized spacial score (nSPS) is 19.1. The maximum atomic E-state index is 14.0. The van der Waals surface area contributed by atoms with Crippen LogP contribution in [0, 0.1) is 5.92 Å². The van der Waals surface area contributed by atoms with Gasteiger partial charge in [-0.25, -0.2) is 13.2 Å². The standard InChI is InChI=1S/C30H46N6O7S/c1-6-25(37)32-28(33-29(40)43-30(2,3)4)34-17-14-22(15-18-34)20-36(44(5,41)42)24(19-21-11-8-7-9-12-21)27(39)35-16-10-13-23(35)26(31)38/h7-9,11-12,22-24H,6,10,13-20H2,1-5H3,(H2,31,38)(H,32,33,37,40)/t23-,24+/m0/s1. The van der Waals surface area contributed by atoms with E-state index in [1.807, 2.05) is 30.3 Å². The SMILES string of the molecule is CCC(=O)NC(=NC(=O)OC(C)(C)C)N1CCC(CN([C@H](Cc2ccccc2)C(=O)N2CCC[C@H]2C(N)=O)S(C)(=O)=O)CC1. The van der Waals surface area contributed by atoms with Gasteiger partial charge in [0.05, 0.1) is 6.26 Å². The summed E-state index contributed by atoms with van der Waals surface area (Å²) in [6.45, 7) is 8.04. The third-order valence-electron chi connectivity index (χ3n) is 7.71. The lowest BCUT2D eigenvalue weighted by Gasteiger charge is -2.38. The number of amides is 4. The van der Waals surface area contributed by atoms with Crippen LogP contribution in [0.25, 0.3) is 0 Å². The van der Waals surface area contributed by atoms with Crippen molar-refractivity contribution in [2.75, 3.05) is 32.4 Å². The summed E-state index contributed by atoms with van der Waals surface area (Å²) in [5.41, 5.74) is 5.62. The van der Waals surface area contributed by atoms with Crippen LogP contribution in [0.4, 0.5) is 4.79 Å². The predicted molar refractivity (Wildman–Crippen MR) is 166 cm³/mol. The fourth-order valence-corrected chi connectivity index (χ4v) is 6.61. The van der Waals surface area contributed by atoms with Crippen LogP contribution < -0.4 is 11.1 Å². The maximum Gasteiger partial charge on any atom is 0.437 e. The number of rotatable bonds is 9. The molecule has 1 aromatic rings. The molecule has 2 aliphatic rings. The number of sulfonamides is 1. The molecule has 244 valence electrons. The van der Waals surface area contributed by atoms with Crippen molar-refractivity contribution in [3.63, 3.8) is 0 Å². The Kier molecular flexibility index (Phi) is 11.9. The van der Waals surface area contributed by atoms with Gasteiger partial charge in [-0.05, 0) is 64.4 Å². The van der Waals surface area contributed by atoms with Gasteiger partial charge in [0.2, 0.25) is 33.7 Å². The van der Waals surface area contributed by atoms with Crippen LogP contribution in [-0.4, -0.2) is 102 Å². The Morgan fingerprint density at radius 3 is 2.27 bits per heavy atom. The van der Waals surface area contributed by atoms with Gasteiger partial charge in [-0.1, -0.05) is 37.3 Å². The number of piperidine rings is 1. The Hall–Kier alpha value is -3.52. The zero-order valence-corrected chi connectivity index (χ0v) is 27.1. The molecule has 2 atom stereocenters. The average Bonchev–Trinajstić information content (AvgIpc) is 3.44. The monoisotopic (exact) mass is 634 g/mol. The predicted octanol–water partition coefficient (Wildman–Crippen LogP) is 1.86. The lowest BCUT2D eigenvalue weighted by atomic mass is 9.95. The number of nitrogens with two attached hydrogens (primary N) is 1. The van der Waals surface area contributed by atoms with Crippen LogP contribution >= 0.6 is 0 Å². The van der Waals surface area contributed by atoms with Crippen molar-refractivity contribution in [1.29, 1.82) is 0 Å². The number of hydrogen-bond acceptors (Lipinski definition) is 7. The van der Waals surface area contributed by atoms with E-state index in [-0.39, 0.29) is 37.2 Å². The summed E-state index contributed by atoms with van der Waals surface area (Å²) < 4.78 is 33.1. The summed E-state index contributed by atoms with van der Waals surface area (Å²) in [5, 5.41) is 2.68. The summed E-state index contributed by atoms with van der Waals surface area (Å²) in [6.07, 6.45) is 2.68. The number of nitrogens with zero attached hydrogens (tertiary/aromatic N) is 4. The zero-order chi connectivity index (χ0) is 32.7.